The molecule has 0 spiro atoms. The highest BCUT2D eigenvalue weighted by atomic mass is 16.9. The van der Waals surface area contributed by atoms with E-state index >= 15 is 0 Å². The third-order valence-corrected chi connectivity index (χ3v) is 1.63. The van der Waals surface area contributed by atoms with Crippen LogP contribution >= 0.6 is 0 Å². The van der Waals surface area contributed by atoms with Gasteiger partial charge in [0, 0.05) is 13.0 Å². The molecule has 0 aromatic rings. The van der Waals surface area contributed by atoms with Crippen LogP contribution in [0, 0.1) is 15.3 Å². The molecule has 0 atom stereocenters. The van der Waals surface area contributed by atoms with Crippen molar-refractivity contribution in [3.63, 3.8) is 0 Å². The standard InChI is InChI=1S/C7H18NO2.NO3/c1-8(2,5-7-10)4-3-6-9;2-1(3)4/h9-10H,3-7H2,1-2H3;/q+1;-1. The summed E-state index contributed by atoms with van der Waals surface area (Å²) < 4.78 is 0.789. The lowest BCUT2D eigenvalue weighted by molar-refractivity contribution is -0.890. The van der Waals surface area contributed by atoms with Crippen LogP contribution in [0.15, 0.2) is 0 Å². The molecule has 2 N–H and O–H groups in total. The molecule has 0 aromatic carbocycles. The summed E-state index contributed by atoms with van der Waals surface area (Å²) in [7, 11) is 4.10. The maximum atomic E-state index is 8.62. The highest BCUT2D eigenvalue weighted by Gasteiger charge is 2.11. The van der Waals surface area contributed by atoms with Crippen LogP contribution in [0.4, 0.5) is 0 Å². The number of aliphatic hydroxyl groups excluding tert-OH is 2. The van der Waals surface area contributed by atoms with E-state index in [1.807, 2.05) is 14.1 Å². The molecule has 0 aliphatic rings. The van der Waals surface area contributed by atoms with E-state index in [-0.39, 0.29) is 13.2 Å². The van der Waals surface area contributed by atoms with Crippen molar-refractivity contribution in [1.29, 1.82) is 0 Å². The first-order valence-corrected chi connectivity index (χ1v) is 4.21. The van der Waals surface area contributed by atoms with Crippen molar-refractivity contribution in [2.24, 2.45) is 0 Å². The Kier molecular flexibility index (Phi) is 9.63. The number of likely N-dealkylation sites (N-methyl/N-ethyl adjacent to an activating group) is 1. The predicted octanol–water partition coefficient (Wildman–Crippen LogP) is -0.802. The fraction of sp³-hybridized carbons (Fsp3) is 1.00. The lowest BCUT2D eigenvalue weighted by Crippen LogP contribution is -2.42. The Balaban J connectivity index is 0. The van der Waals surface area contributed by atoms with Crippen LogP contribution in [0.25, 0.3) is 0 Å². The molecule has 7 nitrogen and oxygen atoms in total. The van der Waals surface area contributed by atoms with Crippen LogP contribution < -0.4 is 0 Å². The van der Waals surface area contributed by atoms with Crippen LogP contribution in [-0.2, 0) is 0 Å². The first-order chi connectivity index (χ1) is 6.35. The molecule has 0 fully saturated rings. The van der Waals surface area contributed by atoms with Gasteiger partial charge in [0.25, 0.3) is 0 Å². The summed E-state index contributed by atoms with van der Waals surface area (Å²) >= 11 is 0. The Bertz CT molecular complexity index is 147. The molecule has 0 heterocycles. The normalized spacial score (nSPS) is 10.3. The monoisotopic (exact) mass is 210 g/mol. The van der Waals surface area contributed by atoms with E-state index in [2.05, 4.69) is 0 Å². The Morgan fingerprint density at radius 3 is 1.86 bits per heavy atom. The highest BCUT2D eigenvalue weighted by Crippen LogP contribution is 1.96. The van der Waals surface area contributed by atoms with E-state index in [0.29, 0.717) is 0 Å². The second-order valence-corrected chi connectivity index (χ2v) is 3.41. The van der Waals surface area contributed by atoms with Gasteiger partial charge in [0.1, 0.15) is 6.54 Å². The van der Waals surface area contributed by atoms with Crippen LogP contribution in [-0.4, -0.2) is 60.2 Å². The zero-order valence-electron chi connectivity index (χ0n) is 8.55. The molecule has 0 bridgehead atoms. The van der Waals surface area contributed by atoms with Crippen LogP contribution in [0.3, 0.4) is 0 Å². The third kappa shape index (κ3) is 17.2. The van der Waals surface area contributed by atoms with Crippen molar-refractivity contribution < 1.29 is 19.8 Å². The van der Waals surface area contributed by atoms with E-state index in [1.54, 1.807) is 0 Å². The summed E-state index contributed by atoms with van der Waals surface area (Å²) in [4.78, 5) is 8.25. The minimum atomic E-state index is -1.75. The first kappa shape index (κ1) is 15.5. The Labute approximate surface area is 82.9 Å². The Morgan fingerprint density at radius 2 is 1.57 bits per heavy atom. The molecular formula is C7H18N2O5. The van der Waals surface area contributed by atoms with Gasteiger partial charge in [-0.3, -0.25) is 0 Å². The van der Waals surface area contributed by atoms with Gasteiger partial charge in [-0.2, -0.15) is 0 Å². The summed E-state index contributed by atoms with van der Waals surface area (Å²) in [5.41, 5.74) is 0. The quantitative estimate of drug-likeness (QED) is 0.351. The van der Waals surface area contributed by atoms with E-state index < -0.39 is 5.09 Å². The van der Waals surface area contributed by atoms with E-state index in [0.717, 1.165) is 24.0 Å². The topological polar surface area (TPSA) is 107 Å². The molecule has 0 unspecified atom stereocenters. The molecule has 0 saturated carbocycles. The molecule has 7 heteroatoms. The molecule has 86 valence electrons. The lowest BCUT2D eigenvalue weighted by Gasteiger charge is -2.28. The third-order valence-electron chi connectivity index (χ3n) is 1.63. The maximum Gasteiger partial charge on any atom is 0.102 e. The van der Waals surface area contributed by atoms with Crippen molar-refractivity contribution in [1.82, 2.24) is 0 Å². The maximum absolute atomic E-state index is 8.62. The second kappa shape index (κ2) is 8.67. The second-order valence-electron chi connectivity index (χ2n) is 3.41. The van der Waals surface area contributed by atoms with Gasteiger partial charge in [-0.25, -0.2) is 0 Å². The van der Waals surface area contributed by atoms with Gasteiger partial charge in [-0.1, -0.05) is 0 Å². The van der Waals surface area contributed by atoms with Crippen molar-refractivity contribution in [3.8, 4) is 0 Å². The first-order valence-electron chi connectivity index (χ1n) is 4.21. The average molecular weight is 210 g/mol. The molecule has 0 radical (unpaired) electrons. The highest BCUT2D eigenvalue weighted by molar-refractivity contribution is 4.34. The van der Waals surface area contributed by atoms with Gasteiger partial charge >= 0.3 is 0 Å². The van der Waals surface area contributed by atoms with Crippen LogP contribution in [0.1, 0.15) is 6.42 Å². The average Bonchev–Trinajstić information content (AvgIpc) is 2.00. The van der Waals surface area contributed by atoms with Crippen molar-refractivity contribution in [3.05, 3.63) is 15.3 Å². The minimum absolute atomic E-state index is 0.221. The van der Waals surface area contributed by atoms with Gasteiger partial charge in [-0.05, 0) is 0 Å². The molecule has 0 amide bonds. The van der Waals surface area contributed by atoms with Crippen molar-refractivity contribution in [2.75, 3.05) is 40.4 Å². The molecule has 0 rings (SSSR count). The minimum Gasteiger partial charge on any atom is -0.396 e. The molecule has 0 aliphatic carbocycles. The zero-order chi connectivity index (χ0) is 11.6. The zero-order valence-corrected chi connectivity index (χ0v) is 8.55. The van der Waals surface area contributed by atoms with Gasteiger partial charge in [0.15, 0.2) is 0 Å². The summed E-state index contributed by atoms with van der Waals surface area (Å²) in [6.07, 6.45) is 0.812. The van der Waals surface area contributed by atoms with E-state index in [1.165, 1.54) is 0 Å². The predicted molar refractivity (Wildman–Crippen MR) is 51.0 cm³/mol. The lowest BCUT2D eigenvalue weighted by atomic mass is 10.3. The summed E-state index contributed by atoms with van der Waals surface area (Å²) in [6, 6.07) is 0. The number of nitrogens with zero attached hydrogens (tertiary/aromatic N) is 2. The van der Waals surface area contributed by atoms with Crippen LogP contribution in [0.5, 0.6) is 0 Å². The molecule has 0 saturated heterocycles. The SMILES string of the molecule is C[N+](C)(CCO)CCCO.O=[N+]([O-])[O-]. The Morgan fingerprint density at radius 1 is 1.14 bits per heavy atom. The molecule has 14 heavy (non-hydrogen) atoms. The molecule has 0 aliphatic heterocycles. The van der Waals surface area contributed by atoms with Gasteiger partial charge in [0.2, 0.25) is 0 Å². The Hall–Kier alpha value is -0.920. The van der Waals surface area contributed by atoms with E-state index in [9.17, 15) is 0 Å². The summed E-state index contributed by atoms with van der Waals surface area (Å²) in [5, 5.41) is 31.9. The van der Waals surface area contributed by atoms with Gasteiger partial charge < -0.3 is 30.0 Å². The molecule has 0 aromatic heterocycles. The van der Waals surface area contributed by atoms with Gasteiger partial charge in [-0.15, -0.1) is 0 Å². The largest absolute Gasteiger partial charge is 0.396 e. The van der Waals surface area contributed by atoms with Crippen LogP contribution in [0.2, 0.25) is 0 Å². The number of rotatable bonds is 5. The number of quaternary nitrogens is 1. The summed E-state index contributed by atoms with van der Waals surface area (Å²) in [5.74, 6) is 0. The smallest absolute Gasteiger partial charge is 0.102 e. The number of hydrogen-bond donors (Lipinski definition) is 2. The van der Waals surface area contributed by atoms with E-state index in [4.69, 9.17) is 25.5 Å². The fourth-order valence-electron chi connectivity index (χ4n) is 0.881. The fourth-order valence-corrected chi connectivity index (χ4v) is 0.881. The van der Waals surface area contributed by atoms with Gasteiger partial charge in [0.05, 0.1) is 32.3 Å². The number of aliphatic hydroxyl groups is 2. The summed E-state index contributed by atoms with van der Waals surface area (Å²) in [6.45, 7) is 2.16. The van der Waals surface area contributed by atoms with Crippen molar-refractivity contribution in [2.45, 2.75) is 6.42 Å². The molecular weight excluding hydrogens is 192 g/mol. The van der Waals surface area contributed by atoms with Crippen molar-refractivity contribution >= 4 is 0 Å². The number of hydrogen-bond acceptors (Lipinski definition) is 5.